The lowest BCUT2D eigenvalue weighted by Gasteiger charge is -2.16. The van der Waals surface area contributed by atoms with Crippen molar-refractivity contribution in [1.29, 1.82) is 0 Å². The third-order valence-electron chi connectivity index (χ3n) is 2.87. The summed E-state index contributed by atoms with van der Waals surface area (Å²) >= 11 is 0. The molecule has 0 aromatic carbocycles. The van der Waals surface area contributed by atoms with Crippen LogP contribution in [0.5, 0.6) is 0 Å². The number of methoxy groups -OCH3 is 1. The molecule has 0 saturated heterocycles. The molecule has 0 aromatic heterocycles. The maximum atomic E-state index is 11.1. The summed E-state index contributed by atoms with van der Waals surface area (Å²) < 4.78 is 10.2. The predicted molar refractivity (Wildman–Crippen MR) is 65.3 cm³/mol. The van der Waals surface area contributed by atoms with Gasteiger partial charge in [-0.25, -0.2) is 0 Å². The van der Waals surface area contributed by atoms with E-state index in [1.54, 1.807) is 0 Å². The molecule has 0 rings (SSSR count). The van der Waals surface area contributed by atoms with E-state index in [9.17, 15) is 4.79 Å². The molecule has 2 unspecified atom stereocenters. The Morgan fingerprint density at radius 1 is 1.25 bits per heavy atom. The van der Waals surface area contributed by atoms with Crippen LogP contribution in [0.3, 0.4) is 0 Å². The van der Waals surface area contributed by atoms with Gasteiger partial charge in [0.2, 0.25) is 0 Å². The number of hydrogen-bond donors (Lipinski definition) is 0. The van der Waals surface area contributed by atoms with Crippen molar-refractivity contribution in [2.24, 2.45) is 11.8 Å². The zero-order chi connectivity index (χ0) is 12.4. The Balaban J connectivity index is 3.64. The minimum Gasteiger partial charge on any atom is -0.469 e. The van der Waals surface area contributed by atoms with Crippen molar-refractivity contribution in [3.8, 4) is 0 Å². The average molecular weight is 230 g/mol. The number of carbonyl (C=O) groups excluding carboxylic acids is 1. The highest BCUT2D eigenvalue weighted by Crippen LogP contribution is 2.13. The van der Waals surface area contributed by atoms with Crippen molar-refractivity contribution in [3.05, 3.63) is 0 Å². The fourth-order valence-electron chi connectivity index (χ4n) is 1.58. The van der Waals surface area contributed by atoms with E-state index in [2.05, 4.69) is 18.6 Å². The second kappa shape index (κ2) is 9.64. The van der Waals surface area contributed by atoms with Crippen LogP contribution in [-0.2, 0) is 14.3 Å². The van der Waals surface area contributed by atoms with Gasteiger partial charge in [-0.2, -0.15) is 0 Å². The van der Waals surface area contributed by atoms with Gasteiger partial charge >= 0.3 is 5.97 Å². The van der Waals surface area contributed by atoms with Gasteiger partial charge in [0.05, 0.1) is 19.6 Å². The molecule has 0 amide bonds. The third kappa shape index (κ3) is 6.83. The minimum atomic E-state index is -0.193. The summed E-state index contributed by atoms with van der Waals surface area (Å²) in [6, 6.07) is 0. The molecule has 0 N–H and O–H groups in total. The minimum absolute atomic E-state index is 0.159. The summed E-state index contributed by atoms with van der Waals surface area (Å²) in [4.78, 5) is 11.1. The second-order valence-electron chi connectivity index (χ2n) is 4.38. The van der Waals surface area contributed by atoms with Crippen LogP contribution in [0, 0.1) is 11.8 Å². The molecule has 3 nitrogen and oxygen atoms in total. The number of ether oxygens (including phenoxy) is 2. The fraction of sp³-hybridized carbons (Fsp3) is 0.923. The molecule has 0 aliphatic heterocycles. The Morgan fingerprint density at radius 2 is 1.94 bits per heavy atom. The van der Waals surface area contributed by atoms with Crippen LogP contribution < -0.4 is 0 Å². The van der Waals surface area contributed by atoms with E-state index in [4.69, 9.17) is 4.74 Å². The Hall–Kier alpha value is -0.570. The van der Waals surface area contributed by atoms with Gasteiger partial charge in [-0.1, -0.05) is 33.1 Å². The lowest BCUT2D eigenvalue weighted by Crippen LogP contribution is -2.20. The number of hydrogen-bond acceptors (Lipinski definition) is 3. The van der Waals surface area contributed by atoms with Gasteiger partial charge in [0.25, 0.3) is 0 Å². The Morgan fingerprint density at radius 3 is 2.44 bits per heavy atom. The summed E-state index contributed by atoms with van der Waals surface area (Å²) in [6.45, 7) is 7.45. The van der Waals surface area contributed by atoms with Gasteiger partial charge in [0.1, 0.15) is 0 Å². The van der Waals surface area contributed by atoms with Crippen molar-refractivity contribution < 1.29 is 14.3 Å². The Kier molecular flexibility index (Phi) is 9.30. The molecule has 0 spiro atoms. The average Bonchev–Trinajstić information content (AvgIpc) is 2.32. The van der Waals surface area contributed by atoms with Gasteiger partial charge in [-0.05, 0) is 19.3 Å². The molecule has 0 bridgehead atoms. The maximum absolute atomic E-state index is 11.1. The van der Waals surface area contributed by atoms with Crippen molar-refractivity contribution in [2.45, 2.75) is 46.5 Å². The first-order valence-corrected chi connectivity index (χ1v) is 6.31. The SMILES string of the molecule is CCCCC(CC)COCC(C)C(=O)OC. The second-order valence-corrected chi connectivity index (χ2v) is 4.38. The molecule has 2 atom stereocenters. The zero-order valence-electron chi connectivity index (χ0n) is 11.1. The maximum Gasteiger partial charge on any atom is 0.310 e. The first-order valence-electron chi connectivity index (χ1n) is 6.31. The van der Waals surface area contributed by atoms with Crippen LogP contribution in [0.25, 0.3) is 0 Å². The third-order valence-corrected chi connectivity index (χ3v) is 2.87. The quantitative estimate of drug-likeness (QED) is 0.571. The zero-order valence-corrected chi connectivity index (χ0v) is 11.1. The van der Waals surface area contributed by atoms with Crippen LogP contribution in [0.4, 0.5) is 0 Å². The van der Waals surface area contributed by atoms with E-state index in [1.807, 2.05) is 6.92 Å². The van der Waals surface area contributed by atoms with Crippen LogP contribution in [0.15, 0.2) is 0 Å². The highest BCUT2D eigenvalue weighted by molar-refractivity contribution is 5.71. The first kappa shape index (κ1) is 15.4. The first-order chi connectivity index (χ1) is 7.65. The van der Waals surface area contributed by atoms with Crippen molar-refractivity contribution >= 4 is 5.97 Å². The van der Waals surface area contributed by atoms with E-state index < -0.39 is 0 Å². The summed E-state index contributed by atoms with van der Waals surface area (Å²) in [5.74, 6) is 0.278. The highest BCUT2D eigenvalue weighted by atomic mass is 16.5. The van der Waals surface area contributed by atoms with E-state index in [0.29, 0.717) is 12.5 Å². The van der Waals surface area contributed by atoms with Crippen LogP contribution in [0.1, 0.15) is 46.5 Å². The smallest absolute Gasteiger partial charge is 0.310 e. The van der Waals surface area contributed by atoms with Crippen molar-refractivity contribution in [1.82, 2.24) is 0 Å². The molecule has 0 fully saturated rings. The normalized spacial score (nSPS) is 14.5. The molecule has 3 heteroatoms. The topological polar surface area (TPSA) is 35.5 Å². The largest absolute Gasteiger partial charge is 0.469 e. The molecule has 0 aromatic rings. The molecule has 96 valence electrons. The summed E-state index contributed by atoms with van der Waals surface area (Å²) in [7, 11) is 1.41. The van der Waals surface area contributed by atoms with Gasteiger partial charge in [0, 0.05) is 6.61 Å². The molecule has 0 saturated carbocycles. The van der Waals surface area contributed by atoms with Gasteiger partial charge in [0.15, 0.2) is 0 Å². The number of rotatable bonds is 9. The molecule has 0 heterocycles. The summed E-state index contributed by atoms with van der Waals surface area (Å²) in [6.07, 6.45) is 4.86. The number of unbranched alkanes of at least 4 members (excludes halogenated alkanes) is 1. The van der Waals surface area contributed by atoms with Crippen LogP contribution in [-0.4, -0.2) is 26.3 Å². The fourth-order valence-corrected chi connectivity index (χ4v) is 1.58. The lowest BCUT2D eigenvalue weighted by molar-refractivity contribution is -0.147. The van der Waals surface area contributed by atoms with Crippen molar-refractivity contribution in [2.75, 3.05) is 20.3 Å². The van der Waals surface area contributed by atoms with E-state index in [-0.39, 0.29) is 11.9 Å². The van der Waals surface area contributed by atoms with Gasteiger partial charge in [-0.3, -0.25) is 4.79 Å². The monoisotopic (exact) mass is 230 g/mol. The standard InChI is InChI=1S/C13H26O3/c1-5-7-8-12(6-2)10-16-9-11(3)13(14)15-4/h11-12H,5-10H2,1-4H3. The molecule has 0 aliphatic carbocycles. The van der Waals surface area contributed by atoms with Crippen molar-refractivity contribution in [3.63, 3.8) is 0 Å². The Labute approximate surface area is 99.5 Å². The molecule has 0 radical (unpaired) electrons. The van der Waals surface area contributed by atoms with Crippen LogP contribution >= 0.6 is 0 Å². The van der Waals surface area contributed by atoms with E-state index >= 15 is 0 Å². The number of carbonyl (C=O) groups is 1. The van der Waals surface area contributed by atoms with Gasteiger partial charge in [-0.15, -0.1) is 0 Å². The highest BCUT2D eigenvalue weighted by Gasteiger charge is 2.14. The summed E-state index contributed by atoms with van der Waals surface area (Å²) in [5, 5.41) is 0. The molecule has 16 heavy (non-hydrogen) atoms. The molecular weight excluding hydrogens is 204 g/mol. The van der Waals surface area contributed by atoms with Gasteiger partial charge < -0.3 is 9.47 Å². The van der Waals surface area contributed by atoms with E-state index in [0.717, 1.165) is 13.0 Å². The Bertz CT molecular complexity index is 180. The predicted octanol–water partition coefficient (Wildman–Crippen LogP) is 3.03. The molecular formula is C13H26O3. The number of esters is 1. The van der Waals surface area contributed by atoms with Crippen LogP contribution in [0.2, 0.25) is 0 Å². The van der Waals surface area contributed by atoms with E-state index in [1.165, 1.54) is 26.4 Å². The summed E-state index contributed by atoms with van der Waals surface area (Å²) in [5.41, 5.74) is 0. The molecule has 0 aliphatic rings. The lowest BCUT2D eigenvalue weighted by atomic mass is 10.0.